The summed E-state index contributed by atoms with van der Waals surface area (Å²) in [7, 11) is 0. The van der Waals surface area contributed by atoms with Crippen LogP contribution in [-0.4, -0.2) is 36.6 Å². The summed E-state index contributed by atoms with van der Waals surface area (Å²) in [4.78, 5) is 17.8. The molecule has 0 spiro atoms. The van der Waals surface area contributed by atoms with Gasteiger partial charge >= 0.3 is 0 Å². The van der Waals surface area contributed by atoms with E-state index in [1.54, 1.807) is 11.0 Å². The summed E-state index contributed by atoms with van der Waals surface area (Å²) in [5, 5.41) is 4.23. The number of H-pyrrole nitrogens is 1. The van der Waals surface area contributed by atoms with Gasteiger partial charge in [-0.15, -0.1) is 0 Å². The largest absolute Gasteiger partial charge is 0.361 e. The summed E-state index contributed by atoms with van der Waals surface area (Å²) in [5.41, 5.74) is 2.86. The number of hydrogen-bond acceptors (Lipinski definition) is 1. The second kappa shape index (κ2) is 11.1. The van der Waals surface area contributed by atoms with E-state index in [0.717, 1.165) is 54.5 Å². The van der Waals surface area contributed by atoms with Gasteiger partial charge in [-0.25, -0.2) is 4.39 Å². The lowest BCUT2D eigenvalue weighted by Gasteiger charge is -2.20. The van der Waals surface area contributed by atoms with Crippen LogP contribution in [0.4, 0.5) is 4.39 Å². The van der Waals surface area contributed by atoms with Crippen molar-refractivity contribution in [2.45, 2.75) is 52.0 Å². The zero-order valence-corrected chi connectivity index (χ0v) is 18.9. The van der Waals surface area contributed by atoms with Crippen molar-refractivity contribution in [2.24, 2.45) is 0 Å². The van der Waals surface area contributed by atoms with E-state index in [4.69, 9.17) is 0 Å². The number of carbonyl (C=O) groups excluding carboxylic acids is 1. The Morgan fingerprint density at radius 3 is 2.65 bits per heavy atom. The van der Waals surface area contributed by atoms with E-state index >= 15 is 0 Å². The SMILES string of the molecule is CC[NH+](CC)CCC[C@@H](C)NC(=O)C[C@@H](c1cccc(F)c1)c1c[nH]c2ccccc12. The van der Waals surface area contributed by atoms with Gasteiger partial charge in [0.1, 0.15) is 5.82 Å². The molecule has 4 nitrogen and oxygen atoms in total. The third-order valence-electron chi connectivity index (χ3n) is 6.21. The first-order valence-electron chi connectivity index (χ1n) is 11.5. The van der Waals surface area contributed by atoms with Crippen LogP contribution in [0.25, 0.3) is 10.9 Å². The Kier molecular flexibility index (Phi) is 8.24. The molecule has 31 heavy (non-hydrogen) atoms. The van der Waals surface area contributed by atoms with E-state index in [1.807, 2.05) is 36.5 Å². The number of quaternary nitrogens is 1. The zero-order chi connectivity index (χ0) is 22.2. The zero-order valence-electron chi connectivity index (χ0n) is 18.9. The molecular weight excluding hydrogens is 389 g/mol. The highest BCUT2D eigenvalue weighted by Gasteiger charge is 2.22. The molecule has 1 heterocycles. The Morgan fingerprint density at radius 1 is 1.13 bits per heavy atom. The molecule has 1 amide bonds. The smallest absolute Gasteiger partial charge is 0.221 e. The van der Waals surface area contributed by atoms with Crippen molar-refractivity contribution in [1.29, 1.82) is 0 Å². The second-order valence-electron chi connectivity index (χ2n) is 8.42. The molecule has 0 unspecified atom stereocenters. The minimum Gasteiger partial charge on any atom is -0.361 e. The van der Waals surface area contributed by atoms with E-state index in [1.165, 1.54) is 12.1 Å². The third-order valence-corrected chi connectivity index (χ3v) is 6.21. The summed E-state index contributed by atoms with van der Waals surface area (Å²) in [5.74, 6) is -0.489. The van der Waals surface area contributed by atoms with Crippen molar-refractivity contribution < 1.29 is 14.1 Å². The summed E-state index contributed by atoms with van der Waals surface area (Å²) in [6.07, 6.45) is 4.29. The summed E-state index contributed by atoms with van der Waals surface area (Å²) >= 11 is 0. The molecule has 3 N–H and O–H groups in total. The molecule has 0 aliphatic heterocycles. The Labute approximate surface area is 184 Å². The Bertz CT molecular complexity index is 979. The number of aromatic nitrogens is 1. The minimum absolute atomic E-state index is 0.00206. The summed E-state index contributed by atoms with van der Waals surface area (Å²) < 4.78 is 14.0. The van der Waals surface area contributed by atoms with Gasteiger partial charge in [0.05, 0.1) is 19.6 Å². The highest BCUT2D eigenvalue weighted by molar-refractivity contribution is 5.86. The topological polar surface area (TPSA) is 49.3 Å². The second-order valence-corrected chi connectivity index (χ2v) is 8.42. The lowest BCUT2D eigenvalue weighted by molar-refractivity contribution is -0.896. The van der Waals surface area contributed by atoms with Gasteiger partial charge in [-0.2, -0.15) is 0 Å². The molecule has 0 saturated carbocycles. The van der Waals surface area contributed by atoms with E-state index in [-0.39, 0.29) is 30.1 Å². The van der Waals surface area contributed by atoms with Gasteiger partial charge in [-0.1, -0.05) is 30.3 Å². The van der Waals surface area contributed by atoms with E-state index in [2.05, 4.69) is 31.1 Å². The number of para-hydroxylation sites is 1. The van der Waals surface area contributed by atoms with Crippen molar-refractivity contribution in [3.05, 3.63) is 71.7 Å². The molecule has 5 heteroatoms. The fourth-order valence-corrected chi connectivity index (χ4v) is 4.37. The van der Waals surface area contributed by atoms with E-state index in [0.29, 0.717) is 0 Å². The normalized spacial score (nSPS) is 13.5. The molecule has 0 aliphatic rings. The van der Waals surface area contributed by atoms with Crippen LogP contribution in [0.2, 0.25) is 0 Å². The highest BCUT2D eigenvalue weighted by Crippen LogP contribution is 2.33. The number of aromatic amines is 1. The standard InChI is InChI=1S/C26H34FN3O/c1-4-30(5-2)15-9-10-19(3)29-26(31)17-23(20-11-8-12-21(27)16-20)24-18-28-25-14-7-6-13-22(24)25/h6-8,11-14,16,18-19,23,28H,4-5,9-10,15,17H2,1-3H3,(H,29,31)/p+1/t19-,23+/m1/s1. The third kappa shape index (κ3) is 6.17. The van der Waals surface area contributed by atoms with Crippen molar-refractivity contribution in [3.63, 3.8) is 0 Å². The molecule has 2 atom stereocenters. The first-order valence-corrected chi connectivity index (χ1v) is 11.5. The molecule has 2 aromatic carbocycles. The van der Waals surface area contributed by atoms with Gasteiger partial charge in [0.2, 0.25) is 5.91 Å². The maximum atomic E-state index is 14.0. The molecular formula is C26H35FN3O+. The fraction of sp³-hybridized carbons (Fsp3) is 0.423. The van der Waals surface area contributed by atoms with Crippen molar-refractivity contribution >= 4 is 16.8 Å². The highest BCUT2D eigenvalue weighted by atomic mass is 19.1. The maximum absolute atomic E-state index is 14.0. The van der Waals surface area contributed by atoms with Crippen molar-refractivity contribution in [3.8, 4) is 0 Å². The predicted molar refractivity (Wildman–Crippen MR) is 125 cm³/mol. The number of rotatable bonds is 11. The predicted octanol–water partition coefficient (Wildman–Crippen LogP) is 4.04. The van der Waals surface area contributed by atoms with Gasteiger partial charge < -0.3 is 15.2 Å². The number of hydrogen-bond donors (Lipinski definition) is 3. The lowest BCUT2D eigenvalue weighted by Crippen LogP contribution is -3.11. The molecule has 3 aromatic rings. The average Bonchev–Trinajstić information content (AvgIpc) is 3.19. The van der Waals surface area contributed by atoms with Crippen LogP contribution < -0.4 is 10.2 Å². The number of fused-ring (bicyclic) bond motifs is 1. The molecule has 166 valence electrons. The van der Waals surface area contributed by atoms with Crippen molar-refractivity contribution in [2.75, 3.05) is 19.6 Å². The summed E-state index contributed by atoms with van der Waals surface area (Å²) in [6, 6.07) is 14.7. The van der Waals surface area contributed by atoms with E-state index in [9.17, 15) is 9.18 Å². The molecule has 3 rings (SSSR count). The van der Waals surface area contributed by atoms with Crippen LogP contribution in [0.1, 0.15) is 57.1 Å². The number of carbonyl (C=O) groups is 1. The quantitative estimate of drug-likeness (QED) is 0.428. The summed E-state index contributed by atoms with van der Waals surface area (Å²) in [6.45, 7) is 9.89. The number of nitrogens with one attached hydrogen (secondary N) is 3. The van der Waals surface area contributed by atoms with E-state index < -0.39 is 0 Å². The number of amides is 1. The number of halogens is 1. The van der Waals surface area contributed by atoms with Crippen LogP contribution in [0.5, 0.6) is 0 Å². The van der Waals surface area contributed by atoms with Gasteiger partial charge in [-0.3, -0.25) is 4.79 Å². The maximum Gasteiger partial charge on any atom is 0.221 e. The van der Waals surface area contributed by atoms with Crippen LogP contribution >= 0.6 is 0 Å². The molecule has 0 aliphatic carbocycles. The molecule has 0 bridgehead atoms. The Hall–Kier alpha value is -2.66. The molecule has 0 fully saturated rings. The van der Waals surface area contributed by atoms with Gasteiger partial charge in [-0.05, 0) is 62.9 Å². The fourth-order valence-electron chi connectivity index (χ4n) is 4.37. The minimum atomic E-state index is -0.282. The Morgan fingerprint density at radius 2 is 1.90 bits per heavy atom. The average molecular weight is 425 g/mol. The molecule has 0 saturated heterocycles. The number of benzene rings is 2. The first kappa shape index (κ1) is 23.0. The first-order chi connectivity index (χ1) is 15.0. The van der Waals surface area contributed by atoms with Gasteiger partial charge in [0.25, 0.3) is 0 Å². The molecule has 0 radical (unpaired) electrons. The van der Waals surface area contributed by atoms with Crippen LogP contribution in [0.3, 0.4) is 0 Å². The van der Waals surface area contributed by atoms with Gasteiger partial charge in [0.15, 0.2) is 0 Å². The van der Waals surface area contributed by atoms with Crippen LogP contribution in [0, 0.1) is 5.82 Å². The Balaban J connectivity index is 1.71. The van der Waals surface area contributed by atoms with Gasteiger partial charge in [0, 0.05) is 35.5 Å². The lowest BCUT2D eigenvalue weighted by atomic mass is 9.88. The van der Waals surface area contributed by atoms with Crippen molar-refractivity contribution in [1.82, 2.24) is 10.3 Å². The monoisotopic (exact) mass is 424 g/mol. The van der Waals surface area contributed by atoms with Crippen LogP contribution in [0.15, 0.2) is 54.7 Å². The van der Waals surface area contributed by atoms with Crippen LogP contribution in [-0.2, 0) is 4.79 Å². The molecule has 1 aromatic heterocycles.